The van der Waals surface area contributed by atoms with Crippen molar-refractivity contribution in [2.24, 2.45) is 0 Å². The fraction of sp³-hybridized carbons (Fsp3) is 0. The van der Waals surface area contributed by atoms with Crippen molar-refractivity contribution in [1.29, 1.82) is 0 Å². The normalized spacial score (nSPS) is 10.0. The molecule has 0 atom stereocenters. The van der Waals surface area contributed by atoms with Crippen LogP contribution in [-0.4, -0.2) is 6.29 Å². The van der Waals surface area contributed by atoms with Crippen molar-refractivity contribution in [3.8, 4) is 11.5 Å². The lowest BCUT2D eigenvalue weighted by Crippen LogP contribution is -1.90. The minimum atomic E-state index is -0.620. The van der Waals surface area contributed by atoms with Gasteiger partial charge in [0.15, 0.2) is 11.6 Å². The topological polar surface area (TPSA) is 26.3 Å². The highest BCUT2D eigenvalue weighted by molar-refractivity contribution is 6.30. The highest BCUT2D eigenvalue weighted by atomic mass is 35.5. The summed E-state index contributed by atoms with van der Waals surface area (Å²) in [6.07, 6.45) is 0.696. The van der Waals surface area contributed by atoms with E-state index in [0.717, 1.165) is 0 Å². The first-order chi connectivity index (χ1) is 8.20. The zero-order chi connectivity index (χ0) is 12.3. The fourth-order valence-corrected chi connectivity index (χ4v) is 1.51. The molecule has 0 unspecified atom stereocenters. The van der Waals surface area contributed by atoms with Gasteiger partial charge in [0, 0.05) is 5.56 Å². The molecule has 0 aliphatic carbocycles. The molecule has 0 aliphatic rings. The van der Waals surface area contributed by atoms with Crippen molar-refractivity contribution in [1.82, 2.24) is 0 Å². The summed E-state index contributed by atoms with van der Waals surface area (Å²) in [5.41, 5.74) is 0.463. The largest absolute Gasteiger partial charge is 0.454 e. The molecule has 0 spiro atoms. The summed E-state index contributed by atoms with van der Waals surface area (Å²) in [4.78, 5) is 10.6. The maximum atomic E-state index is 13.5. The van der Waals surface area contributed by atoms with E-state index in [2.05, 4.69) is 0 Å². The fourth-order valence-electron chi connectivity index (χ4n) is 1.34. The van der Waals surface area contributed by atoms with Crippen molar-refractivity contribution in [3.63, 3.8) is 0 Å². The van der Waals surface area contributed by atoms with Gasteiger partial charge in [-0.15, -0.1) is 0 Å². The SMILES string of the molecule is O=Cc1cccc(Oc2cccc(Cl)c2F)c1. The first kappa shape index (κ1) is 11.6. The van der Waals surface area contributed by atoms with Crippen molar-refractivity contribution < 1.29 is 13.9 Å². The monoisotopic (exact) mass is 250 g/mol. The van der Waals surface area contributed by atoms with Crippen molar-refractivity contribution in [2.75, 3.05) is 0 Å². The molecular formula is C13H8ClFO2. The van der Waals surface area contributed by atoms with Crippen LogP contribution in [0.15, 0.2) is 42.5 Å². The third-order valence-electron chi connectivity index (χ3n) is 2.14. The molecule has 0 bridgehead atoms. The maximum absolute atomic E-state index is 13.5. The number of aldehydes is 1. The summed E-state index contributed by atoms with van der Waals surface area (Å²) < 4.78 is 18.9. The van der Waals surface area contributed by atoms with E-state index in [4.69, 9.17) is 16.3 Å². The summed E-state index contributed by atoms with van der Waals surface area (Å²) in [6, 6.07) is 10.9. The Kier molecular flexibility index (Phi) is 3.40. The molecule has 2 rings (SSSR count). The second-order valence-electron chi connectivity index (χ2n) is 3.34. The Morgan fingerprint density at radius 3 is 2.71 bits per heavy atom. The van der Waals surface area contributed by atoms with Gasteiger partial charge in [-0.3, -0.25) is 4.79 Å². The molecule has 2 aromatic carbocycles. The predicted octanol–water partition coefficient (Wildman–Crippen LogP) is 4.08. The molecule has 0 N–H and O–H groups in total. The minimum Gasteiger partial charge on any atom is -0.454 e. The van der Waals surface area contributed by atoms with E-state index in [9.17, 15) is 9.18 Å². The van der Waals surface area contributed by atoms with E-state index < -0.39 is 5.82 Å². The van der Waals surface area contributed by atoms with E-state index in [-0.39, 0.29) is 10.8 Å². The Hall–Kier alpha value is -1.87. The van der Waals surface area contributed by atoms with E-state index in [1.165, 1.54) is 18.2 Å². The van der Waals surface area contributed by atoms with Crippen LogP contribution in [-0.2, 0) is 0 Å². The second-order valence-corrected chi connectivity index (χ2v) is 3.75. The Morgan fingerprint density at radius 2 is 1.94 bits per heavy atom. The average molecular weight is 251 g/mol. The van der Waals surface area contributed by atoms with Gasteiger partial charge in [0.2, 0.25) is 0 Å². The number of hydrogen-bond donors (Lipinski definition) is 0. The number of ether oxygens (including phenoxy) is 1. The van der Waals surface area contributed by atoms with Crippen molar-refractivity contribution >= 4 is 17.9 Å². The zero-order valence-corrected chi connectivity index (χ0v) is 9.45. The molecule has 0 aliphatic heterocycles. The number of halogens is 2. The zero-order valence-electron chi connectivity index (χ0n) is 8.69. The number of benzene rings is 2. The van der Waals surface area contributed by atoms with E-state index in [0.29, 0.717) is 17.6 Å². The first-order valence-corrected chi connectivity index (χ1v) is 5.25. The molecule has 0 saturated carbocycles. The van der Waals surface area contributed by atoms with Gasteiger partial charge in [0.25, 0.3) is 0 Å². The number of hydrogen-bond acceptors (Lipinski definition) is 2. The summed E-state index contributed by atoms with van der Waals surface area (Å²) in [5, 5.41) is -0.00552. The molecule has 2 aromatic rings. The summed E-state index contributed by atoms with van der Waals surface area (Å²) in [7, 11) is 0. The van der Waals surface area contributed by atoms with Gasteiger partial charge in [-0.1, -0.05) is 29.8 Å². The van der Waals surface area contributed by atoms with Gasteiger partial charge in [-0.25, -0.2) is 4.39 Å². The number of carbonyl (C=O) groups excluding carboxylic acids is 1. The molecule has 0 amide bonds. The summed E-state index contributed by atoms with van der Waals surface area (Å²) >= 11 is 5.63. The van der Waals surface area contributed by atoms with E-state index >= 15 is 0 Å². The van der Waals surface area contributed by atoms with Crippen LogP contribution in [0.3, 0.4) is 0 Å². The number of carbonyl (C=O) groups is 1. The molecule has 17 heavy (non-hydrogen) atoms. The van der Waals surface area contributed by atoms with Gasteiger partial charge in [-0.05, 0) is 24.3 Å². The van der Waals surface area contributed by atoms with E-state index in [1.807, 2.05) is 0 Å². The first-order valence-electron chi connectivity index (χ1n) is 4.88. The van der Waals surface area contributed by atoms with Gasteiger partial charge in [0.1, 0.15) is 12.0 Å². The molecular weight excluding hydrogens is 243 g/mol. The Bertz CT molecular complexity index is 555. The van der Waals surface area contributed by atoms with Crippen LogP contribution >= 0.6 is 11.6 Å². The van der Waals surface area contributed by atoms with Gasteiger partial charge in [0.05, 0.1) is 5.02 Å². The van der Waals surface area contributed by atoms with Crippen molar-refractivity contribution in [3.05, 3.63) is 58.9 Å². The second kappa shape index (κ2) is 4.97. The van der Waals surface area contributed by atoms with Crippen LogP contribution in [0.5, 0.6) is 11.5 Å². The van der Waals surface area contributed by atoms with Crippen LogP contribution in [0.2, 0.25) is 5.02 Å². The Labute approximate surface area is 103 Å². The van der Waals surface area contributed by atoms with Crippen LogP contribution < -0.4 is 4.74 Å². The summed E-state index contributed by atoms with van der Waals surface area (Å²) in [5.74, 6) is -0.206. The Balaban J connectivity index is 2.31. The lowest BCUT2D eigenvalue weighted by atomic mass is 10.2. The van der Waals surface area contributed by atoms with Crippen LogP contribution in [0.25, 0.3) is 0 Å². The number of rotatable bonds is 3. The van der Waals surface area contributed by atoms with Gasteiger partial charge < -0.3 is 4.74 Å². The molecule has 0 radical (unpaired) electrons. The van der Waals surface area contributed by atoms with Gasteiger partial charge >= 0.3 is 0 Å². The smallest absolute Gasteiger partial charge is 0.184 e. The molecule has 0 heterocycles. The molecule has 0 aromatic heterocycles. The Morgan fingerprint density at radius 1 is 1.18 bits per heavy atom. The lowest BCUT2D eigenvalue weighted by Gasteiger charge is -2.07. The standard InChI is InChI=1S/C13H8ClFO2/c14-11-5-2-6-12(13(11)15)17-10-4-1-3-9(7-10)8-16/h1-8H. The third kappa shape index (κ3) is 2.63. The molecule has 86 valence electrons. The highest BCUT2D eigenvalue weighted by Crippen LogP contribution is 2.28. The quantitative estimate of drug-likeness (QED) is 0.767. The minimum absolute atomic E-state index is 0.00552. The van der Waals surface area contributed by atoms with Gasteiger partial charge in [-0.2, -0.15) is 0 Å². The molecule has 4 heteroatoms. The lowest BCUT2D eigenvalue weighted by molar-refractivity contribution is 0.112. The van der Waals surface area contributed by atoms with Crippen LogP contribution in [0, 0.1) is 5.82 Å². The van der Waals surface area contributed by atoms with Crippen molar-refractivity contribution in [2.45, 2.75) is 0 Å². The highest BCUT2D eigenvalue weighted by Gasteiger charge is 2.08. The third-order valence-corrected chi connectivity index (χ3v) is 2.43. The summed E-state index contributed by atoms with van der Waals surface area (Å²) in [6.45, 7) is 0. The average Bonchev–Trinajstić information content (AvgIpc) is 2.35. The van der Waals surface area contributed by atoms with E-state index in [1.54, 1.807) is 24.3 Å². The maximum Gasteiger partial charge on any atom is 0.184 e. The molecule has 2 nitrogen and oxygen atoms in total. The van der Waals surface area contributed by atoms with Crippen LogP contribution in [0.4, 0.5) is 4.39 Å². The predicted molar refractivity (Wildman–Crippen MR) is 63.3 cm³/mol. The van der Waals surface area contributed by atoms with Crippen LogP contribution in [0.1, 0.15) is 10.4 Å². The molecule has 0 fully saturated rings. The molecule has 0 saturated heterocycles.